The second-order valence-electron chi connectivity index (χ2n) is 4.81. The Kier molecular flexibility index (Phi) is 3.66. The van der Waals surface area contributed by atoms with Gasteiger partial charge in [-0.05, 0) is 45.1 Å². The van der Waals surface area contributed by atoms with E-state index in [2.05, 4.69) is 0 Å². The standard InChI is InChI=1S/C13H20O3/c1-13(14,11-6-9-15-10-11)7-2-4-12-5-3-8-16-12/h6,9-10,12,14H,2-5,7-8H2,1H3. The summed E-state index contributed by atoms with van der Waals surface area (Å²) in [6.07, 6.45) is 8.79. The third kappa shape index (κ3) is 2.86. The Labute approximate surface area is 96.4 Å². The average molecular weight is 224 g/mol. The van der Waals surface area contributed by atoms with Crippen molar-refractivity contribution < 1.29 is 14.3 Å². The molecule has 2 rings (SSSR count). The van der Waals surface area contributed by atoms with E-state index in [1.165, 1.54) is 12.8 Å². The van der Waals surface area contributed by atoms with E-state index in [4.69, 9.17) is 9.15 Å². The lowest BCUT2D eigenvalue weighted by molar-refractivity contribution is 0.0367. The summed E-state index contributed by atoms with van der Waals surface area (Å²) >= 11 is 0. The zero-order valence-corrected chi connectivity index (χ0v) is 9.82. The molecule has 16 heavy (non-hydrogen) atoms. The first-order chi connectivity index (χ1) is 7.68. The van der Waals surface area contributed by atoms with Gasteiger partial charge in [0.15, 0.2) is 0 Å². The van der Waals surface area contributed by atoms with E-state index in [1.807, 2.05) is 13.0 Å². The normalized spacial score (nSPS) is 24.5. The van der Waals surface area contributed by atoms with Crippen molar-refractivity contribution in [2.24, 2.45) is 0 Å². The maximum atomic E-state index is 10.2. The van der Waals surface area contributed by atoms with Crippen molar-refractivity contribution in [2.75, 3.05) is 6.61 Å². The molecule has 3 heteroatoms. The van der Waals surface area contributed by atoms with Crippen LogP contribution < -0.4 is 0 Å². The predicted octanol–water partition coefficient (Wildman–Crippen LogP) is 2.84. The molecule has 0 radical (unpaired) electrons. The molecule has 1 N–H and O–H groups in total. The minimum Gasteiger partial charge on any atom is -0.472 e. The van der Waals surface area contributed by atoms with Gasteiger partial charge in [0.05, 0.1) is 24.2 Å². The van der Waals surface area contributed by atoms with Crippen LogP contribution in [-0.4, -0.2) is 17.8 Å². The number of hydrogen-bond acceptors (Lipinski definition) is 3. The van der Waals surface area contributed by atoms with Gasteiger partial charge in [-0.15, -0.1) is 0 Å². The lowest BCUT2D eigenvalue weighted by atomic mass is 9.92. The molecule has 1 aromatic rings. The van der Waals surface area contributed by atoms with Crippen molar-refractivity contribution in [1.82, 2.24) is 0 Å². The molecule has 2 atom stereocenters. The van der Waals surface area contributed by atoms with Gasteiger partial charge in [-0.2, -0.15) is 0 Å². The summed E-state index contributed by atoms with van der Waals surface area (Å²) in [4.78, 5) is 0. The van der Waals surface area contributed by atoms with Gasteiger partial charge in [0.25, 0.3) is 0 Å². The minimum absolute atomic E-state index is 0.417. The quantitative estimate of drug-likeness (QED) is 0.836. The summed E-state index contributed by atoms with van der Waals surface area (Å²) in [5.74, 6) is 0. The molecule has 0 amide bonds. The largest absolute Gasteiger partial charge is 0.472 e. The zero-order chi connectivity index (χ0) is 11.4. The molecular weight excluding hydrogens is 204 g/mol. The molecule has 1 aromatic heterocycles. The molecule has 90 valence electrons. The number of ether oxygens (including phenoxy) is 1. The van der Waals surface area contributed by atoms with Gasteiger partial charge in [0.2, 0.25) is 0 Å². The lowest BCUT2D eigenvalue weighted by Gasteiger charge is -2.22. The third-order valence-electron chi connectivity index (χ3n) is 3.36. The molecule has 1 saturated heterocycles. The van der Waals surface area contributed by atoms with Crippen LogP contribution in [0.4, 0.5) is 0 Å². The van der Waals surface area contributed by atoms with Crippen LogP contribution in [0.3, 0.4) is 0 Å². The molecule has 2 unspecified atom stereocenters. The van der Waals surface area contributed by atoms with E-state index in [0.29, 0.717) is 6.10 Å². The topological polar surface area (TPSA) is 42.6 Å². The molecule has 1 aliphatic rings. The molecule has 2 heterocycles. The SMILES string of the molecule is CC(O)(CCCC1CCCO1)c1ccoc1. The second kappa shape index (κ2) is 5.02. The van der Waals surface area contributed by atoms with Gasteiger partial charge < -0.3 is 14.3 Å². The fraction of sp³-hybridized carbons (Fsp3) is 0.692. The maximum absolute atomic E-state index is 10.2. The molecule has 0 spiro atoms. The van der Waals surface area contributed by atoms with E-state index in [1.54, 1.807) is 12.5 Å². The van der Waals surface area contributed by atoms with Crippen LogP contribution in [0.1, 0.15) is 44.6 Å². The molecule has 1 fully saturated rings. The fourth-order valence-corrected chi connectivity index (χ4v) is 2.26. The predicted molar refractivity (Wildman–Crippen MR) is 61.1 cm³/mol. The highest BCUT2D eigenvalue weighted by Gasteiger charge is 2.24. The van der Waals surface area contributed by atoms with Crippen LogP contribution in [0, 0.1) is 0 Å². The van der Waals surface area contributed by atoms with Crippen LogP contribution in [0.25, 0.3) is 0 Å². The first-order valence-electron chi connectivity index (χ1n) is 6.05. The van der Waals surface area contributed by atoms with Gasteiger partial charge in [0.1, 0.15) is 0 Å². The van der Waals surface area contributed by atoms with E-state index in [-0.39, 0.29) is 0 Å². The molecule has 3 nitrogen and oxygen atoms in total. The van der Waals surface area contributed by atoms with Crippen LogP contribution in [0.15, 0.2) is 23.0 Å². The molecule has 0 aliphatic carbocycles. The summed E-state index contributed by atoms with van der Waals surface area (Å²) in [5.41, 5.74) is 0.0887. The minimum atomic E-state index is -0.772. The van der Waals surface area contributed by atoms with Gasteiger partial charge in [-0.3, -0.25) is 0 Å². The van der Waals surface area contributed by atoms with Crippen molar-refractivity contribution in [1.29, 1.82) is 0 Å². The molecule has 0 aromatic carbocycles. The van der Waals surface area contributed by atoms with Crippen LogP contribution in [-0.2, 0) is 10.3 Å². The van der Waals surface area contributed by atoms with Crippen molar-refractivity contribution >= 4 is 0 Å². The maximum Gasteiger partial charge on any atom is 0.0963 e. The highest BCUT2D eigenvalue weighted by atomic mass is 16.5. The summed E-state index contributed by atoms with van der Waals surface area (Å²) in [6.45, 7) is 2.75. The van der Waals surface area contributed by atoms with Crippen molar-refractivity contribution in [3.63, 3.8) is 0 Å². The Morgan fingerprint density at radius 3 is 3.06 bits per heavy atom. The highest BCUT2D eigenvalue weighted by molar-refractivity contribution is 5.14. The second-order valence-corrected chi connectivity index (χ2v) is 4.81. The Bertz CT molecular complexity index is 297. The third-order valence-corrected chi connectivity index (χ3v) is 3.36. The van der Waals surface area contributed by atoms with E-state index < -0.39 is 5.60 Å². The fourth-order valence-electron chi connectivity index (χ4n) is 2.26. The van der Waals surface area contributed by atoms with Gasteiger partial charge in [-0.1, -0.05) is 0 Å². The summed E-state index contributed by atoms with van der Waals surface area (Å²) in [6, 6.07) is 1.83. The first-order valence-corrected chi connectivity index (χ1v) is 6.05. The van der Waals surface area contributed by atoms with Crippen molar-refractivity contribution in [2.45, 2.75) is 50.7 Å². The Morgan fingerprint density at radius 2 is 2.44 bits per heavy atom. The molecule has 0 saturated carbocycles. The monoisotopic (exact) mass is 224 g/mol. The number of rotatable bonds is 5. The zero-order valence-electron chi connectivity index (χ0n) is 9.82. The Hall–Kier alpha value is -0.800. The van der Waals surface area contributed by atoms with Gasteiger partial charge in [0, 0.05) is 12.2 Å². The number of furan rings is 1. The van der Waals surface area contributed by atoms with E-state index in [0.717, 1.165) is 31.4 Å². The van der Waals surface area contributed by atoms with Gasteiger partial charge in [-0.25, -0.2) is 0 Å². The van der Waals surface area contributed by atoms with E-state index >= 15 is 0 Å². The van der Waals surface area contributed by atoms with Crippen LogP contribution in [0.2, 0.25) is 0 Å². The highest BCUT2D eigenvalue weighted by Crippen LogP contribution is 2.28. The smallest absolute Gasteiger partial charge is 0.0963 e. The summed E-state index contributed by atoms with van der Waals surface area (Å²) < 4.78 is 10.6. The number of hydrogen-bond donors (Lipinski definition) is 1. The summed E-state index contributed by atoms with van der Waals surface area (Å²) in [7, 11) is 0. The molecule has 1 aliphatic heterocycles. The van der Waals surface area contributed by atoms with Crippen LogP contribution in [0.5, 0.6) is 0 Å². The molecule has 0 bridgehead atoms. The Balaban J connectivity index is 1.76. The number of aliphatic hydroxyl groups is 1. The van der Waals surface area contributed by atoms with Crippen molar-refractivity contribution in [3.8, 4) is 0 Å². The van der Waals surface area contributed by atoms with E-state index in [9.17, 15) is 5.11 Å². The summed E-state index contributed by atoms with van der Waals surface area (Å²) in [5, 5.41) is 10.2. The lowest BCUT2D eigenvalue weighted by Crippen LogP contribution is -2.20. The van der Waals surface area contributed by atoms with Crippen molar-refractivity contribution in [3.05, 3.63) is 24.2 Å². The average Bonchev–Trinajstić information content (AvgIpc) is 2.90. The van der Waals surface area contributed by atoms with Gasteiger partial charge >= 0.3 is 0 Å². The first kappa shape index (κ1) is 11.7. The Morgan fingerprint density at radius 1 is 1.56 bits per heavy atom. The molecular formula is C13H20O3. The van der Waals surface area contributed by atoms with Crippen LogP contribution >= 0.6 is 0 Å².